The maximum atomic E-state index is 4.24. The molecule has 1 aromatic heterocycles. The van der Waals surface area contributed by atoms with Crippen molar-refractivity contribution in [3.63, 3.8) is 0 Å². The molecule has 114 valence electrons. The molecule has 0 radical (unpaired) electrons. The van der Waals surface area contributed by atoms with E-state index >= 15 is 0 Å². The summed E-state index contributed by atoms with van der Waals surface area (Å²) in [4.78, 5) is 7.62. The maximum Gasteiger partial charge on any atom is 0.190 e. The van der Waals surface area contributed by atoms with E-state index in [9.17, 15) is 0 Å². The first kappa shape index (κ1) is 15.4. The number of H-pyrrole nitrogens is 1. The van der Waals surface area contributed by atoms with Gasteiger partial charge < -0.3 is 15.6 Å². The van der Waals surface area contributed by atoms with Crippen LogP contribution in [-0.2, 0) is 6.42 Å². The molecule has 0 bridgehead atoms. The Balaban J connectivity index is 1.91. The second-order valence-corrected chi connectivity index (χ2v) is 5.84. The van der Waals surface area contributed by atoms with E-state index in [-0.39, 0.29) is 0 Å². The Morgan fingerprint density at radius 1 is 1.29 bits per heavy atom. The van der Waals surface area contributed by atoms with Gasteiger partial charge in [-0.05, 0) is 30.4 Å². The van der Waals surface area contributed by atoms with Crippen molar-refractivity contribution in [2.75, 3.05) is 20.1 Å². The molecule has 1 aromatic carbocycles. The Bertz CT molecular complexity index is 610. The summed E-state index contributed by atoms with van der Waals surface area (Å²) in [6.07, 6.45) is 3.09. The third-order valence-electron chi connectivity index (χ3n) is 3.60. The molecule has 4 heteroatoms. The molecule has 0 atom stereocenters. The Morgan fingerprint density at radius 2 is 2.10 bits per heavy atom. The van der Waals surface area contributed by atoms with Crippen LogP contribution in [0.3, 0.4) is 0 Å². The molecule has 1 heterocycles. The minimum atomic E-state index is 0.611. The fourth-order valence-corrected chi connectivity index (χ4v) is 2.41. The minimum absolute atomic E-state index is 0.611. The molecule has 0 aliphatic carbocycles. The van der Waals surface area contributed by atoms with Gasteiger partial charge in [-0.1, -0.05) is 32.0 Å². The minimum Gasteiger partial charge on any atom is -0.361 e. The third kappa shape index (κ3) is 4.00. The second kappa shape index (κ2) is 7.16. The quantitative estimate of drug-likeness (QED) is 0.585. The van der Waals surface area contributed by atoms with Crippen molar-refractivity contribution in [2.24, 2.45) is 10.9 Å². The van der Waals surface area contributed by atoms with Gasteiger partial charge in [0.2, 0.25) is 0 Å². The predicted molar refractivity (Wildman–Crippen MR) is 90.9 cm³/mol. The number of hydrogen-bond donors (Lipinski definition) is 3. The largest absolute Gasteiger partial charge is 0.361 e. The van der Waals surface area contributed by atoms with Gasteiger partial charge in [0, 0.05) is 37.2 Å². The molecule has 0 unspecified atom stereocenters. The molecule has 0 aliphatic heterocycles. The molecule has 2 rings (SSSR count). The number of nitrogens with zero attached hydrogens (tertiary/aromatic N) is 1. The predicted octanol–water partition coefficient (Wildman–Crippen LogP) is 2.84. The summed E-state index contributed by atoms with van der Waals surface area (Å²) >= 11 is 0. The zero-order valence-corrected chi connectivity index (χ0v) is 13.5. The smallest absolute Gasteiger partial charge is 0.190 e. The van der Waals surface area contributed by atoms with Crippen molar-refractivity contribution in [2.45, 2.75) is 27.2 Å². The van der Waals surface area contributed by atoms with Crippen molar-refractivity contribution in [1.29, 1.82) is 0 Å². The molecule has 3 N–H and O–H groups in total. The SMILES string of the molecule is CN=C(NCCc1c[nH]c2c(C)cccc12)NCC(C)C. The van der Waals surface area contributed by atoms with Crippen LogP contribution in [0.5, 0.6) is 0 Å². The number of nitrogens with one attached hydrogen (secondary N) is 3. The summed E-state index contributed by atoms with van der Waals surface area (Å²) in [5.74, 6) is 1.49. The van der Waals surface area contributed by atoms with Gasteiger partial charge in [0.25, 0.3) is 0 Å². The van der Waals surface area contributed by atoms with Crippen molar-refractivity contribution >= 4 is 16.9 Å². The van der Waals surface area contributed by atoms with E-state index in [0.717, 1.165) is 25.5 Å². The van der Waals surface area contributed by atoms with Crippen LogP contribution in [0.1, 0.15) is 25.0 Å². The Labute approximate surface area is 127 Å². The van der Waals surface area contributed by atoms with Crippen molar-refractivity contribution < 1.29 is 0 Å². The number of aliphatic imine (C=N–C) groups is 1. The summed E-state index contributed by atoms with van der Waals surface area (Å²) < 4.78 is 0. The van der Waals surface area contributed by atoms with Gasteiger partial charge in [0.1, 0.15) is 0 Å². The van der Waals surface area contributed by atoms with Crippen LogP contribution in [-0.4, -0.2) is 31.1 Å². The summed E-state index contributed by atoms with van der Waals surface area (Å²) in [6, 6.07) is 6.43. The lowest BCUT2D eigenvalue weighted by atomic mass is 10.1. The Hall–Kier alpha value is -1.97. The van der Waals surface area contributed by atoms with E-state index in [4.69, 9.17) is 0 Å². The lowest BCUT2D eigenvalue weighted by molar-refractivity contribution is 0.614. The van der Waals surface area contributed by atoms with Crippen LogP contribution in [0.15, 0.2) is 29.4 Å². The Morgan fingerprint density at radius 3 is 2.81 bits per heavy atom. The number of aromatic amines is 1. The van der Waals surface area contributed by atoms with Gasteiger partial charge in [-0.2, -0.15) is 0 Å². The number of hydrogen-bond acceptors (Lipinski definition) is 1. The number of benzene rings is 1. The summed E-state index contributed by atoms with van der Waals surface area (Å²) in [6.45, 7) is 8.33. The molecule has 0 aliphatic rings. The summed E-state index contributed by atoms with van der Waals surface area (Å²) in [5.41, 5.74) is 3.89. The van der Waals surface area contributed by atoms with E-state index in [1.165, 1.54) is 22.0 Å². The van der Waals surface area contributed by atoms with Gasteiger partial charge in [-0.15, -0.1) is 0 Å². The molecular formula is C17H26N4. The highest BCUT2D eigenvalue weighted by Gasteiger charge is 2.05. The van der Waals surface area contributed by atoms with E-state index in [1.54, 1.807) is 0 Å². The molecule has 0 amide bonds. The van der Waals surface area contributed by atoms with E-state index < -0.39 is 0 Å². The van der Waals surface area contributed by atoms with Crippen LogP contribution in [0, 0.1) is 12.8 Å². The monoisotopic (exact) mass is 286 g/mol. The van der Waals surface area contributed by atoms with Gasteiger partial charge in [0.15, 0.2) is 5.96 Å². The van der Waals surface area contributed by atoms with Crippen molar-refractivity contribution in [3.8, 4) is 0 Å². The number of para-hydroxylation sites is 1. The van der Waals surface area contributed by atoms with Gasteiger partial charge in [0.05, 0.1) is 0 Å². The topological polar surface area (TPSA) is 52.2 Å². The van der Waals surface area contributed by atoms with Crippen LogP contribution in [0.2, 0.25) is 0 Å². The zero-order valence-electron chi connectivity index (χ0n) is 13.5. The Kier molecular flexibility index (Phi) is 5.26. The molecule has 0 saturated heterocycles. The average Bonchev–Trinajstić information content (AvgIpc) is 2.87. The lowest BCUT2D eigenvalue weighted by Crippen LogP contribution is -2.39. The van der Waals surface area contributed by atoms with Crippen molar-refractivity contribution in [1.82, 2.24) is 15.6 Å². The third-order valence-corrected chi connectivity index (χ3v) is 3.60. The molecule has 2 aromatic rings. The fraction of sp³-hybridized carbons (Fsp3) is 0.471. The second-order valence-electron chi connectivity index (χ2n) is 5.84. The van der Waals surface area contributed by atoms with Gasteiger partial charge in [-0.3, -0.25) is 4.99 Å². The van der Waals surface area contributed by atoms with Crippen LogP contribution in [0.4, 0.5) is 0 Å². The molecule has 0 saturated carbocycles. The normalized spacial score (nSPS) is 12.1. The van der Waals surface area contributed by atoms with E-state index in [2.05, 4.69) is 65.8 Å². The van der Waals surface area contributed by atoms with Crippen molar-refractivity contribution in [3.05, 3.63) is 35.5 Å². The standard InChI is InChI=1S/C17H26N4/c1-12(2)10-21-17(18-4)19-9-8-14-11-20-16-13(3)6-5-7-15(14)16/h5-7,11-12,20H,8-10H2,1-4H3,(H2,18,19,21). The fourth-order valence-electron chi connectivity index (χ4n) is 2.41. The first-order chi connectivity index (χ1) is 10.1. The number of rotatable bonds is 5. The first-order valence-corrected chi connectivity index (χ1v) is 7.62. The molecule has 0 fully saturated rings. The zero-order chi connectivity index (χ0) is 15.2. The maximum absolute atomic E-state index is 4.24. The number of guanidine groups is 1. The number of aromatic nitrogens is 1. The number of fused-ring (bicyclic) bond motifs is 1. The van der Waals surface area contributed by atoms with Crippen LogP contribution < -0.4 is 10.6 Å². The molecule has 0 spiro atoms. The highest BCUT2D eigenvalue weighted by atomic mass is 15.2. The molecular weight excluding hydrogens is 260 g/mol. The summed E-state index contributed by atoms with van der Waals surface area (Å²) in [7, 11) is 1.81. The van der Waals surface area contributed by atoms with Crippen LogP contribution in [0.25, 0.3) is 10.9 Å². The van der Waals surface area contributed by atoms with Crippen LogP contribution >= 0.6 is 0 Å². The highest BCUT2D eigenvalue weighted by molar-refractivity contribution is 5.86. The van der Waals surface area contributed by atoms with E-state index in [0.29, 0.717) is 5.92 Å². The first-order valence-electron chi connectivity index (χ1n) is 7.62. The molecule has 21 heavy (non-hydrogen) atoms. The number of aryl methyl sites for hydroxylation is 1. The lowest BCUT2D eigenvalue weighted by Gasteiger charge is -2.13. The molecule has 4 nitrogen and oxygen atoms in total. The average molecular weight is 286 g/mol. The van der Waals surface area contributed by atoms with Gasteiger partial charge >= 0.3 is 0 Å². The summed E-state index contributed by atoms with van der Waals surface area (Å²) in [5, 5.41) is 8.01. The van der Waals surface area contributed by atoms with Gasteiger partial charge in [-0.25, -0.2) is 0 Å². The van der Waals surface area contributed by atoms with E-state index in [1.807, 2.05) is 7.05 Å². The highest BCUT2D eigenvalue weighted by Crippen LogP contribution is 2.21.